The zero-order valence-corrected chi connectivity index (χ0v) is 19.2. The zero-order valence-electron chi connectivity index (χ0n) is 19.2. The number of piperidine rings is 1. The van der Waals surface area contributed by atoms with Crippen LogP contribution in [0.1, 0.15) is 25.3 Å². The molecule has 9 heteroatoms. The van der Waals surface area contributed by atoms with Gasteiger partial charge in [-0.1, -0.05) is 6.07 Å². The molecule has 2 fully saturated rings. The smallest absolute Gasteiger partial charge is 0.213 e. The van der Waals surface area contributed by atoms with E-state index in [4.69, 9.17) is 14.5 Å². The second-order valence-corrected chi connectivity index (χ2v) is 8.70. The summed E-state index contributed by atoms with van der Waals surface area (Å²) in [7, 11) is 0. The van der Waals surface area contributed by atoms with Gasteiger partial charge in [-0.05, 0) is 31.2 Å². The van der Waals surface area contributed by atoms with Gasteiger partial charge in [-0.3, -0.25) is 10.4 Å². The van der Waals surface area contributed by atoms with Crippen molar-refractivity contribution in [1.29, 1.82) is 0 Å². The molecule has 0 bridgehead atoms. The van der Waals surface area contributed by atoms with Crippen LogP contribution in [0.4, 0.5) is 5.82 Å². The minimum Gasteiger partial charge on any atom is -0.492 e. The highest BCUT2D eigenvalue weighted by Crippen LogP contribution is 2.38. The van der Waals surface area contributed by atoms with Crippen LogP contribution in [0.25, 0.3) is 5.57 Å². The zero-order chi connectivity index (χ0) is 22.9. The molecule has 2 aromatic rings. The Bertz CT molecular complexity index is 1120. The van der Waals surface area contributed by atoms with E-state index in [-0.39, 0.29) is 12.3 Å². The molecule has 4 aliphatic heterocycles. The Hall–Kier alpha value is -3.40. The summed E-state index contributed by atoms with van der Waals surface area (Å²) in [6.07, 6.45) is 10.0. The summed E-state index contributed by atoms with van der Waals surface area (Å²) in [5.41, 5.74) is 14.6. The average molecular weight is 460 g/mol. The van der Waals surface area contributed by atoms with E-state index in [1.54, 1.807) is 6.20 Å². The van der Waals surface area contributed by atoms with Gasteiger partial charge in [0.05, 0.1) is 18.5 Å². The summed E-state index contributed by atoms with van der Waals surface area (Å²) < 4.78 is 11.9. The Morgan fingerprint density at radius 2 is 2.03 bits per heavy atom. The van der Waals surface area contributed by atoms with Crippen molar-refractivity contribution in [2.75, 3.05) is 31.1 Å². The van der Waals surface area contributed by atoms with Crippen molar-refractivity contribution < 1.29 is 9.47 Å². The molecule has 6 heterocycles. The van der Waals surface area contributed by atoms with E-state index in [1.165, 1.54) is 5.57 Å². The van der Waals surface area contributed by atoms with Crippen LogP contribution >= 0.6 is 0 Å². The highest BCUT2D eigenvalue weighted by atomic mass is 16.5. The lowest BCUT2D eigenvalue weighted by molar-refractivity contribution is 0.164. The van der Waals surface area contributed by atoms with Crippen LogP contribution in [0.3, 0.4) is 0 Å². The molecule has 0 saturated carbocycles. The highest BCUT2D eigenvalue weighted by Gasteiger charge is 2.37. The SMILES string of the molecule is CCOC1=CN2NC3NNCC3=C2C(c2ccc(N3CCC(Oc4ccccn4)CC3)nc2)=C1. The number of nitrogens with one attached hydrogen (secondary N) is 3. The first-order valence-corrected chi connectivity index (χ1v) is 11.9. The van der Waals surface area contributed by atoms with Crippen LogP contribution in [0.15, 0.2) is 72.0 Å². The number of nitrogens with zero attached hydrogens (tertiary/aromatic N) is 4. The summed E-state index contributed by atoms with van der Waals surface area (Å²) in [5, 5.41) is 2.06. The number of hydrazine groups is 2. The number of ether oxygens (including phenoxy) is 2. The van der Waals surface area contributed by atoms with Gasteiger partial charge in [-0.2, -0.15) is 0 Å². The third-order valence-corrected chi connectivity index (χ3v) is 6.55. The van der Waals surface area contributed by atoms with Gasteiger partial charge in [0.15, 0.2) is 0 Å². The fourth-order valence-electron chi connectivity index (χ4n) is 4.89. The fraction of sp³-hybridized carbons (Fsp3) is 0.360. The second kappa shape index (κ2) is 9.09. The molecule has 4 aliphatic rings. The molecule has 0 radical (unpaired) electrons. The Morgan fingerprint density at radius 1 is 1.12 bits per heavy atom. The monoisotopic (exact) mass is 459 g/mol. The van der Waals surface area contributed by atoms with Crippen LogP contribution in [0.2, 0.25) is 0 Å². The second-order valence-electron chi connectivity index (χ2n) is 8.70. The summed E-state index contributed by atoms with van der Waals surface area (Å²) in [6.45, 7) is 5.24. The molecule has 1 atom stereocenters. The van der Waals surface area contributed by atoms with Crippen LogP contribution in [0.5, 0.6) is 5.88 Å². The molecule has 2 saturated heterocycles. The standard InChI is InChI=1S/C25H29N7O2/c1-2-33-19-13-20(24-21-15-28-29-25(21)30-32(24)16-19)17-6-7-22(27-14-17)31-11-8-18(9-12-31)34-23-5-3-4-10-26-23/h3-7,10,13-14,16,18,25,28-30H,2,8-9,11-12,15H2,1H3. The molecule has 6 rings (SSSR count). The summed E-state index contributed by atoms with van der Waals surface area (Å²) in [6, 6.07) is 10.1. The predicted molar refractivity (Wildman–Crippen MR) is 129 cm³/mol. The molecule has 3 N–H and O–H groups in total. The van der Waals surface area contributed by atoms with Crippen LogP contribution < -0.4 is 25.9 Å². The normalized spacial score (nSPS) is 22.3. The van der Waals surface area contributed by atoms with Crippen molar-refractivity contribution in [1.82, 2.24) is 31.3 Å². The first-order valence-electron chi connectivity index (χ1n) is 11.9. The molecule has 0 spiro atoms. The van der Waals surface area contributed by atoms with Crippen LogP contribution in [-0.4, -0.2) is 53.5 Å². The molecule has 9 nitrogen and oxygen atoms in total. The molecule has 176 valence electrons. The highest BCUT2D eigenvalue weighted by molar-refractivity contribution is 5.83. The summed E-state index contributed by atoms with van der Waals surface area (Å²) in [5.74, 6) is 2.53. The first kappa shape index (κ1) is 21.2. The molecular weight excluding hydrogens is 430 g/mol. The minimum absolute atomic E-state index is 0.0810. The van der Waals surface area contributed by atoms with E-state index in [0.29, 0.717) is 12.5 Å². The average Bonchev–Trinajstić information content (AvgIpc) is 3.46. The number of fused-ring (bicyclic) bond motifs is 2. The van der Waals surface area contributed by atoms with Crippen molar-refractivity contribution in [3.8, 4) is 5.88 Å². The largest absolute Gasteiger partial charge is 0.492 e. The van der Waals surface area contributed by atoms with Crippen molar-refractivity contribution >= 4 is 11.4 Å². The molecule has 2 aromatic heterocycles. The van der Waals surface area contributed by atoms with E-state index >= 15 is 0 Å². The molecule has 1 unspecified atom stereocenters. The van der Waals surface area contributed by atoms with E-state index in [1.807, 2.05) is 37.5 Å². The number of aromatic nitrogens is 2. The van der Waals surface area contributed by atoms with Gasteiger partial charge in [0.25, 0.3) is 0 Å². The van der Waals surface area contributed by atoms with Gasteiger partial charge in [0.2, 0.25) is 5.88 Å². The maximum absolute atomic E-state index is 6.03. The lowest BCUT2D eigenvalue weighted by Crippen LogP contribution is -2.44. The van der Waals surface area contributed by atoms with Gasteiger partial charge >= 0.3 is 0 Å². The lowest BCUT2D eigenvalue weighted by atomic mass is 9.97. The fourth-order valence-corrected chi connectivity index (χ4v) is 4.89. The van der Waals surface area contributed by atoms with Gasteiger partial charge in [-0.25, -0.2) is 20.8 Å². The molecule has 34 heavy (non-hydrogen) atoms. The molecule has 0 aromatic carbocycles. The quantitative estimate of drug-likeness (QED) is 0.602. The van der Waals surface area contributed by atoms with Crippen LogP contribution in [0, 0.1) is 0 Å². The number of hydrogen-bond acceptors (Lipinski definition) is 9. The third kappa shape index (κ3) is 4.02. The summed E-state index contributed by atoms with van der Waals surface area (Å²) in [4.78, 5) is 11.4. The van der Waals surface area contributed by atoms with E-state index < -0.39 is 0 Å². The molecular formula is C25H29N7O2. The van der Waals surface area contributed by atoms with E-state index in [9.17, 15) is 0 Å². The maximum Gasteiger partial charge on any atom is 0.213 e. The van der Waals surface area contributed by atoms with Crippen molar-refractivity contribution in [2.24, 2.45) is 0 Å². The Kier molecular flexibility index (Phi) is 5.66. The van der Waals surface area contributed by atoms with Crippen molar-refractivity contribution in [3.63, 3.8) is 0 Å². The topological polar surface area (TPSA) is 86.8 Å². The number of pyridine rings is 2. The first-order chi connectivity index (χ1) is 16.8. The van der Waals surface area contributed by atoms with E-state index in [0.717, 1.165) is 60.9 Å². The molecule has 0 aliphatic carbocycles. The number of anilines is 1. The number of rotatable bonds is 6. The summed E-state index contributed by atoms with van der Waals surface area (Å²) >= 11 is 0. The molecule has 0 amide bonds. The van der Waals surface area contributed by atoms with Crippen LogP contribution in [-0.2, 0) is 4.74 Å². The number of hydrogen-bond donors (Lipinski definition) is 3. The predicted octanol–water partition coefficient (Wildman–Crippen LogP) is 2.31. The Morgan fingerprint density at radius 3 is 2.79 bits per heavy atom. The van der Waals surface area contributed by atoms with Crippen molar-refractivity contribution in [2.45, 2.75) is 32.0 Å². The third-order valence-electron chi connectivity index (χ3n) is 6.55. The lowest BCUT2D eigenvalue weighted by Gasteiger charge is -2.33. The van der Waals surface area contributed by atoms with Gasteiger partial charge in [0, 0.05) is 67.6 Å². The van der Waals surface area contributed by atoms with Gasteiger partial charge in [0.1, 0.15) is 23.8 Å². The maximum atomic E-state index is 6.03. The Labute approximate surface area is 199 Å². The number of allylic oxidation sites excluding steroid dienone is 2. The van der Waals surface area contributed by atoms with E-state index in [2.05, 4.69) is 49.4 Å². The Balaban J connectivity index is 1.17. The van der Waals surface area contributed by atoms with Gasteiger partial charge in [-0.15, -0.1) is 0 Å². The van der Waals surface area contributed by atoms with Crippen molar-refractivity contribution in [3.05, 3.63) is 77.6 Å². The minimum atomic E-state index is 0.0810. The van der Waals surface area contributed by atoms with Gasteiger partial charge < -0.3 is 14.4 Å².